The summed E-state index contributed by atoms with van der Waals surface area (Å²) in [4.78, 5) is 12.1. The lowest BCUT2D eigenvalue weighted by Crippen LogP contribution is -2.36. The van der Waals surface area contributed by atoms with E-state index >= 15 is 0 Å². The molecule has 1 aliphatic heterocycles. The van der Waals surface area contributed by atoms with Crippen LogP contribution in [-0.2, 0) is 25.8 Å². The lowest BCUT2D eigenvalue weighted by Gasteiger charge is -2.26. The molecule has 178 valence electrons. The van der Waals surface area contributed by atoms with Gasteiger partial charge in [0.1, 0.15) is 10.7 Å². The summed E-state index contributed by atoms with van der Waals surface area (Å²) < 4.78 is 67.6. The summed E-state index contributed by atoms with van der Waals surface area (Å²) in [6.45, 7) is 4.23. The Hall–Kier alpha value is -2.60. The maximum Gasteiger partial charge on any atom is 0.255 e. The molecule has 2 N–H and O–H groups in total. The largest absolute Gasteiger partial charge is 0.322 e. The van der Waals surface area contributed by atoms with Gasteiger partial charge < -0.3 is 5.32 Å². The Morgan fingerprint density at radius 3 is 2.33 bits per heavy atom. The molecule has 1 heterocycles. The molecule has 0 radical (unpaired) electrons. The number of nitrogens with zero attached hydrogens (tertiary/aromatic N) is 1. The lowest BCUT2D eigenvalue weighted by molar-refractivity contribution is 0.102. The molecule has 0 spiro atoms. The molecule has 1 amide bonds. The second-order valence-electron chi connectivity index (χ2n) is 7.66. The minimum atomic E-state index is -4.04. The Morgan fingerprint density at radius 2 is 1.70 bits per heavy atom. The number of rotatable bonds is 9. The molecule has 0 bridgehead atoms. The van der Waals surface area contributed by atoms with Crippen LogP contribution < -0.4 is 10.0 Å². The van der Waals surface area contributed by atoms with Gasteiger partial charge in [0.05, 0.1) is 5.75 Å². The van der Waals surface area contributed by atoms with E-state index in [0.717, 1.165) is 18.6 Å². The first kappa shape index (κ1) is 25.0. The third-order valence-corrected chi connectivity index (χ3v) is 8.38. The third-order valence-electron chi connectivity index (χ3n) is 5.14. The quantitative estimate of drug-likeness (QED) is 0.520. The van der Waals surface area contributed by atoms with Gasteiger partial charge in [-0.05, 0) is 48.7 Å². The fourth-order valence-electron chi connectivity index (χ4n) is 3.43. The highest BCUT2D eigenvalue weighted by molar-refractivity contribution is 7.89. The van der Waals surface area contributed by atoms with Crippen molar-refractivity contribution in [3.63, 3.8) is 0 Å². The number of amides is 1. The standard InChI is InChI=1S/C22H26FN3O5S2/c1-2-12-24-32(28,29)16-17-6-9-19(10-7-17)25-22(27)18-8-11-20(23)21(15-18)33(30,31)26-13-4-3-5-14-26/h2,6-11,15,24H,1,3-5,12-14,16H2,(H,25,27). The molecule has 11 heteroatoms. The maximum atomic E-state index is 14.4. The highest BCUT2D eigenvalue weighted by Gasteiger charge is 2.29. The second kappa shape index (κ2) is 10.6. The van der Waals surface area contributed by atoms with Gasteiger partial charge in [0, 0.05) is 30.9 Å². The van der Waals surface area contributed by atoms with Crippen LogP contribution in [0, 0.1) is 5.82 Å². The van der Waals surface area contributed by atoms with Crippen LogP contribution in [0.15, 0.2) is 60.0 Å². The Bertz CT molecular complexity index is 1220. The van der Waals surface area contributed by atoms with E-state index < -0.39 is 36.7 Å². The van der Waals surface area contributed by atoms with Gasteiger partial charge in [0.15, 0.2) is 0 Å². The number of carbonyl (C=O) groups is 1. The number of benzene rings is 2. The first-order valence-corrected chi connectivity index (χ1v) is 13.5. The number of nitrogens with one attached hydrogen (secondary N) is 2. The van der Waals surface area contributed by atoms with Crippen molar-refractivity contribution in [2.45, 2.75) is 29.9 Å². The van der Waals surface area contributed by atoms with Gasteiger partial charge in [-0.1, -0.05) is 24.6 Å². The fraction of sp³-hybridized carbons (Fsp3) is 0.318. The van der Waals surface area contributed by atoms with Gasteiger partial charge in [-0.15, -0.1) is 6.58 Å². The summed E-state index contributed by atoms with van der Waals surface area (Å²) in [6.07, 6.45) is 3.78. The van der Waals surface area contributed by atoms with Crippen molar-refractivity contribution >= 4 is 31.6 Å². The van der Waals surface area contributed by atoms with Crippen LogP contribution in [0.5, 0.6) is 0 Å². The van der Waals surface area contributed by atoms with E-state index in [-0.39, 0.29) is 17.9 Å². The average molecular weight is 496 g/mol. The highest BCUT2D eigenvalue weighted by Crippen LogP contribution is 2.24. The molecule has 0 aromatic heterocycles. The zero-order valence-corrected chi connectivity index (χ0v) is 19.6. The SMILES string of the molecule is C=CCNS(=O)(=O)Cc1ccc(NC(=O)c2ccc(F)c(S(=O)(=O)N3CCCCC3)c2)cc1. The van der Waals surface area contributed by atoms with E-state index in [4.69, 9.17) is 0 Å². The first-order chi connectivity index (χ1) is 15.6. The van der Waals surface area contributed by atoms with Crippen LogP contribution in [0.1, 0.15) is 35.2 Å². The zero-order valence-electron chi connectivity index (χ0n) is 18.0. The lowest BCUT2D eigenvalue weighted by atomic mass is 10.2. The van der Waals surface area contributed by atoms with E-state index in [1.807, 2.05) is 0 Å². The molecule has 2 aromatic rings. The van der Waals surface area contributed by atoms with Gasteiger partial charge in [-0.25, -0.2) is 25.9 Å². The Labute approximate surface area is 193 Å². The average Bonchev–Trinajstić information content (AvgIpc) is 2.79. The predicted molar refractivity (Wildman–Crippen MR) is 124 cm³/mol. The summed E-state index contributed by atoms with van der Waals surface area (Å²) in [6, 6.07) is 9.40. The van der Waals surface area contributed by atoms with Crippen LogP contribution in [0.2, 0.25) is 0 Å². The van der Waals surface area contributed by atoms with Gasteiger partial charge in [-0.2, -0.15) is 4.31 Å². The second-order valence-corrected chi connectivity index (χ2v) is 11.4. The van der Waals surface area contributed by atoms with Gasteiger partial charge in [-0.3, -0.25) is 4.79 Å². The van der Waals surface area contributed by atoms with Crippen LogP contribution in [-0.4, -0.2) is 46.7 Å². The van der Waals surface area contributed by atoms with E-state index in [0.29, 0.717) is 37.2 Å². The van der Waals surface area contributed by atoms with Crippen molar-refractivity contribution < 1.29 is 26.0 Å². The summed E-state index contributed by atoms with van der Waals surface area (Å²) in [7, 11) is -7.55. The monoisotopic (exact) mass is 495 g/mol. The molecule has 8 nitrogen and oxygen atoms in total. The van der Waals surface area contributed by atoms with E-state index in [1.54, 1.807) is 12.1 Å². The predicted octanol–water partition coefficient (Wildman–Crippen LogP) is 2.86. The molecular weight excluding hydrogens is 469 g/mol. The molecule has 0 aliphatic carbocycles. The molecule has 1 aliphatic rings. The van der Waals surface area contributed by atoms with Crippen LogP contribution >= 0.6 is 0 Å². The van der Waals surface area contributed by atoms with Crippen molar-refractivity contribution in [3.05, 3.63) is 72.1 Å². The Kier molecular flexibility index (Phi) is 8.01. The Balaban J connectivity index is 1.73. The van der Waals surface area contributed by atoms with E-state index in [1.165, 1.54) is 28.6 Å². The molecule has 2 aromatic carbocycles. The van der Waals surface area contributed by atoms with Gasteiger partial charge >= 0.3 is 0 Å². The van der Waals surface area contributed by atoms with Crippen LogP contribution in [0.4, 0.5) is 10.1 Å². The summed E-state index contributed by atoms with van der Waals surface area (Å²) in [5.41, 5.74) is 0.887. The molecule has 1 fully saturated rings. The fourth-order valence-corrected chi connectivity index (χ4v) is 6.14. The molecule has 33 heavy (non-hydrogen) atoms. The number of sulfonamides is 2. The number of hydrogen-bond donors (Lipinski definition) is 2. The number of carbonyl (C=O) groups excluding carboxylic acids is 1. The molecule has 0 atom stereocenters. The molecule has 3 rings (SSSR count). The van der Waals surface area contributed by atoms with Crippen molar-refractivity contribution in [1.29, 1.82) is 0 Å². The van der Waals surface area contributed by atoms with Crippen molar-refractivity contribution in [2.24, 2.45) is 0 Å². The van der Waals surface area contributed by atoms with Gasteiger partial charge in [0.2, 0.25) is 20.0 Å². The smallest absolute Gasteiger partial charge is 0.255 e. The summed E-state index contributed by atoms with van der Waals surface area (Å²) in [5.74, 6) is -1.75. The minimum Gasteiger partial charge on any atom is -0.322 e. The van der Waals surface area contributed by atoms with Crippen molar-refractivity contribution in [1.82, 2.24) is 9.03 Å². The number of hydrogen-bond acceptors (Lipinski definition) is 5. The molecule has 0 unspecified atom stereocenters. The number of anilines is 1. The van der Waals surface area contributed by atoms with Gasteiger partial charge in [0.25, 0.3) is 5.91 Å². The zero-order chi connectivity index (χ0) is 24.1. The summed E-state index contributed by atoms with van der Waals surface area (Å²) in [5, 5.41) is 2.61. The van der Waals surface area contributed by atoms with Crippen molar-refractivity contribution in [2.75, 3.05) is 25.0 Å². The van der Waals surface area contributed by atoms with Crippen LogP contribution in [0.3, 0.4) is 0 Å². The minimum absolute atomic E-state index is 0.00716. The van der Waals surface area contributed by atoms with E-state index in [2.05, 4.69) is 16.6 Å². The number of piperidine rings is 1. The first-order valence-electron chi connectivity index (χ1n) is 10.4. The van der Waals surface area contributed by atoms with Crippen LogP contribution in [0.25, 0.3) is 0 Å². The molecular formula is C22H26FN3O5S2. The molecule has 0 saturated carbocycles. The number of halogens is 1. The normalized spacial score (nSPS) is 15.2. The topological polar surface area (TPSA) is 113 Å². The van der Waals surface area contributed by atoms with Crippen molar-refractivity contribution in [3.8, 4) is 0 Å². The summed E-state index contributed by atoms with van der Waals surface area (Å²) >= 11 is 0. The molecule has 1 saturated heterocycles. The van der Waals surface area contributed by atoms with E-state index in [9.17, 15) is 26.0 Å². The Morgan fingerprint density at radius 1 is 1.03 bits per heavy atom. The third kappa shape index (κ3) is 6.47. The maximum absolute atomic E-state index is 14.4. The highest BCUT2D eigenvalue weighted by atomic mass is 32.2.